The Kier molecular flexibility index (Phi) is 50.7. The summed E-state index contributed by atoms with van der Waals surface area (Å²) in [4.78, 5) is 38.0. The van der Waals surface area contributed by atoms with Crippen molar-refractivity contribution in [3.05, 3.63) is 182 Å². The summed E-state index contributed by atoms with van der Waals surface area (Å²) < 4.78 is 16.6. The molecule has 0 saturated carbocycles. The van der Waals surface area contributed by atoms with Gasteiger partial charge in [0.25, 0.3) is 0 Å². The van der Waals surface area contributed by atoms with Crippen LogP contribution in [0.25, 0.3) is 0 Å². The van der Waals surface area contributed by atoms with Crippen LogP contribution in [0.15, 0.2) is 182 Å². The SMILES string of the molecule is CC/C=C\C/C=C\C/C=C\C/C=C\C/C=C\C/C=C\CCC(=O)OC[C@@H](COC(=O)CCCC/C=C\C/C=C\C/C=C\C/C=C\CC)OC(=O)CCC/C=C\C/C=C\C/C=C\C/C=C\C/C=C\CC. The molecule has 0 amide bonds. The van der Waals surface area contributed by atoms with E-state index in [4.69, 9.17) is 14.2 Å². The van der Waals surface area contributed by atoms with Crippen LogP contribution in [0.3, 0.4) is 0 Å². The molecule has 0 unspecified atom stereocenters. The Balaban J connectivity index is 4.71. The number of hydrogen-bond donors (Lipinski definition) is 0. The van der Waals surface area contributed by atoms with Crippen LogP contribution in [0, 0.1) is 0 Å². The van der Waals surface area contributed by atoms with Crippen molar-refractivity contribution in [1.82, 2.24) is 0 Å². The minimum Gasteiger partial charge on any atom is -0.462 e. The van der Waals surface area contributed by atoms with E-state index < -0.39 is 18.0 Å². The Morgan fingerprint density at radius 2 is 0.551 bits per heavy atom. The fraction of sp³-hybridized carbons (Fsp3) is 0.476. The maximum atomic E-state index is 12.8. The lowest BCUT2D eigenvalue weighted by molar-refractivity contribution is -0.166. The highest BCUT2D eigenvalue weighted by atomic mass is 16.6. The van der Waals surface area contributed by atoms with Gasteiger partial charge in [-0.05, 0) is 135 Å². The molecule has 0 fully saturated rings. The Hall–Kier alpha value is -5.49. The zero-order valence-electron chi connectivity index (χ0n) is 43.2. The monoisotopic (exact) mass is 945 g/mol. The number of esters is 3. The minimum atomic E-state index is -0.866. The molecule has 0 rings (SSSR count). The molecular weight excluding hydrogens is 853 g/mol. The first-order valence-electron chi connectivity index (χ1n) is 26.3. The van der Waals surface area contributed by atoms with Crippen LogP contribution in [0.4, 0.5) is 0 Å². The van der Waals surface area contributed by atoms with E-state index >= 15 is 0 Å². The highest BCUT2D eigenvalue weighted by molar-refractivity contribution is 5.71. The minimum absolute atomic E-state index is 0.156. The maximum Gasteiger partial charge on any atom is 0.306 e. The summed E-state index contributed by atoms with van der Waals surface area (Å²) in [6, 6.07) is 0. The van der Waals surface area contributed by atoms with E-state index in [9.17, 15) is 14.4 Å². The van der Waals surface area contributed by atoms with Crippen molar-refractivity contribution in [1.29, 1.82) is 0 Å². The molecule has 0 aromatic carbocycles. The topological polar surface area (TPSA) is 78.9 Å². The molecule has 0 aromatic heterocycles. The largest absolute Gasteiger partial charge is 0.462 e. The third kappa shape index (κ3) is 53.3. The van der Waals surface area contributed by atoms with Crippen molar-refractivity contribution in [3.63, 3.8) is 0 Å². The Morgan fingerprint density at radius 3 is 0.884 bits per heavy atom. The van der Waals surface area contributed by atoms with Crippen LogP contribution < -0.4 is 0 Å². The number of ether oxygens (including phenoxy) is 3. The van der Waals surface area contributed by atoms with Gasteiger partial charge in [0.2, 0.25) is 0 Å². The van der Waals surface area contributed by atoms with Gasteiger partial charge in [0, 0.05) is 19.3 Å². The average molecular weight is 945 g/mol. The van der Waals surface area contributed by atoms with Gasteiger partial charge in [-0.3, -0.25) is 14.4 Å². The molecule has 69 heavy (non-hydrogen) atoms. The van der Waals surface area contributed by atoms with E-state index in [1.807, 2.05) is 12.2 Å². The predicted octanol–water partition coefficient (Wildman–Crippen LogP) is 17.7. The molecule has 0 aliphatic heterocycles. The van der Waals surface area contributed by atoms with E-state index in [0.29, 0.717) is 19.3 Å². The smallest absolute Gasteiger partial charge is 0.306 e. The first-order chi connectivity index (χ1) is 34.0. The summed E-state index contributed by atoms with van der Waals surface area (Å²) in [7, 11) is 0. The molecule has 6 heteroatoms. The molecular formula is C63H92O6. The first kappa shape index (κ1) is 63.5. The van der Waals surface area contributed by atoms with Crippen molar-refractivity contribution >= 4 is 17.9 Å². The molecule has 0 radical (unpaired) electrons. The molecule has 1 atom stereocenters. The highest BCUT2D eigenvalue weighted by Crippen LogP contribution is 2.09. The standard InChI is InChI=1S/C63H92O6/c1-4-7-10-13-16-19-22-25-28-30-31-33-35-38-41-44-47-50-53-56-62(65)68-59-60(58-67-61(64)55-52-49-46-43-40-37-34-27-24-21-18-15-12-9-6-3)69-63(66)57-54-51-48-45-42-39-36-32-29-26-23-20-17-14-11-8-5-2/h7-12,16-21,25-29,31,33-34,36,38-41,43,45,47-48,50,60H,4-6,13-15,22-24,30,32,35,37,42,44,46,49,51-59H2,1-3H3/b10-7-,11-8-,12-9-,19-16-,20-17-,21-18-,28-25-,29-26-,33-31-,34-27-,39-36-,41-38-,43-40-,48-45-,50-47-/t60-/m1/s1. The second kappa shape index (κ2) is 55.1. The lowest BCUT2D eigenvalue weighted by Gasteiger charge is -2.18. The van der Waals surface area contributed by atoms with Crippen LogP contribution in [0.5, 0.6) is 0 Å². The van der Waals surface area contributed by atoms with E-state index in [2.05, 4.69) is 191 Å². The zero-order valence-corrected chi connectivity index (χ0v) is 43.2. The lowest BCUT2D eigenvalue weighted by Crippen LogP contribution is -2.30. The fourth-order valence-corrected chi connectivity index (χ4v) is 6.08. The van der Waals surface area contributed by atoms with Gasteiger partial charge < -0.3 is 14.2 Å². The van der Waals surface area contributed by atoms with Crippen molar-refractivity contribution in [2.45, 2.75) is 181 Å². The number of hydrogen-bond acceptors (Lipinski definition) is 6. The summed E-state index contributed by atoms with van der Waals surface area (Å²) in [5.74, 6) is -1.16. The van der Waals surface area contributed by atoms with Crippen molar-refractivity contribution in [2.75, 3.05) is 13.2 Å². The van der Waals surface area contributed by atoms with Gasteiger partial charge in [-0.2, -0.15) is 0 Å². The lowest BCUT2D eigenvalue weighted by atomic mass is 10.2. The van der Waals surface area contributed by atoms with Gasteiger partial charge >= 0.3 is 17.9 Å². The molecule has 0 N–H and O–H groups in total. The third-order valence-corrected chi connectivity index (χ3v) is 9.90. The molecule has 0 aliphatic rings. The number of allylic oxidation sites excluding steroid dienone is 30. The van der Waals surface area contributed by atoms with Crippen LogP contribution in [-0.4, -0.2) is 37.2 Å². The summed E-state index contributed by atoms with van der Waals surface area (Å²) >= 11 is 0. The zero-order chi connectivity index (χ0) is 50.0. The first-order valence-corrected chi connectivity index (χ1v) is 26.3. The van der Waals surface area contributed by atoms with Crippen molar-refractivity contribution in [3.8, 4) is 0 Å². The predicted molar refractivity (Wildman–Crippen MR) is 297 cm³/mol. The molecule has 380 valence electrons. The molecule has 0 aromatic rings. The van der Waals surface area contributed by atoms with Crippen LogP contribution >= 0.6 is 0 Å². The van der Waals surface area contributed by atoms with Crippen LogP contribution in [-0.2, 0) is 28.6 Å². The summed E-state index contributed by atoms with van der Waals surface area (Å²) in [6.45, 7) is 6.11. The van der Waals surface area contributed by atoms with Gasteiger partial charge in [-0.1, -0.05) is 203 Å². The molecule has 0 bridgehead atoms. The fourth-order valence-electron chi connectivity index (χ4n) is 6.08. The van der Waals surface area contributed by atoms with Crippen molar-refractivity contribution in [2.24, 2.45) is 0 Å². The second-order valence-electron chi connectivity index (χ2n) is 16.3. The van der Waals surface area contributed by atoms with Gasteiger partial charge in [0.1, 0.15) is 13.2 Å². The normalized spacial score (nSPS) is 13.6. The Labute approximate surface area is 421 Å². The molecule has 6 nitrogen and oxygen atoms in total. The van der Waals surface area contributed by atoms with E-state index in [1.54, 1.807) is 0 Å². The number of carbonyl (C=O) groups excluding carboxylic acids is 3. The third-order valence-electron chi connectivity index (χ3n) is 9.90. The molecule has 0 spiro atoms. The van der Waals surface area contributed by atoms with E-state index in [0.717, 1.165) is 116 Å². The molecule has 0 saturated heterocycles. The highest BCUT2D eigenvalue weighted by Gasteiger charge is 2.19. The molecule has 0 aliphatic carbocycles. The Morgan fingerprint density at radius 1 is 0.290 bits per heavy atom. The van der Waals surface area contributed by atoms with Gasteiger partial charge in [0.05, 0.1) is 0 Å². The number of unbranched alkanes of at least 4 members (excludes halogenated alkanes) is 3. The quantitative estimate of drug-likeness (QED) is 0.0262. The number of carbonyl (C=O) groups is 3. The average Bonchev–Trinajstić information content (AvgIpc) is 3.35. The second-order valence-corrected chi connectivity index (χ2v) is 16.3. The Bertz CT molecular complexity index is 1700. The van der Waals surface area contributed by atoms with Crippen LogP contribution in [0.1, 0.15) is 175 Å². The summed E-state index contributed by atoms with van der Waals surface area (Å²) in [5.41, 5.74) is 0. The summed E-state index contributed by atoms with van der Waals surface area (Å²) in [6.07, 6.45) is 83.2. The van der Waals surface area contributed by atoms with Gasteiger partial charge in [-0.25, -0.2) is 0 Å². The maximum absolute atomic E-state index is 12.8. The van der Waals surface area contributed by atoms with E-state index in [1.165, 1.54) is 0 Å². The number of rotatable bonds is 44. The van der Waals surface area contributed by atoms with E-state index in [-0.39, 0.29) is 38.4 Å². The molecule has 0 heterocycles. The van der Waals surface area contributed by atoms with Crippen molar-refractivity contribution < 1.29 is 28.6 Å². The van der Waals surface area contributed by atoms with Gasteiger partial charge in [0.15, 0.2) is 6.10 Å². The summed E-state index contributed by atoms with van der Waals surface area (Å²) in [5, 5.41) is 0. The van der Waals surface area contributed by atoms with Crippen LogP contribution in [0.2, 0.25) is 0 Å². The van der Waals surface area contributed by atoms with Gasteiger partial charge in [-0.15, -0.1) is 0 Å².